The molecule has 5 heteroatoms. The number of fused-ring (bicyclic) bond motifs is 1. The Kier molecular flexibility index (Phi) is 3.46. The highest BCUT2D eigenvalue weighted by Crippen LogP contribution is 2.25. The first-order valence-electron chi connectivity index (χ1n) is 6.27. The van der Waals surface area contributed by atoms with Crippen LogP contribution in [-0.2, 0) is 0 Å². The number of H-pyrrole nitrogens is 1. The molecule has 0 spiro atoms. The summed E-state index contributed by atoms with van der Waals surface area (Å²) in [6.07, 6.45) is 4.49. The molecule has 0 radical (unpaired) electrons. The zero-order chi connectivity index (χ0) is 13.1. The maximum atomic E-state index is 4.47. The van der Waals surface area contributed by atoms with Crippen molar-refractivity contribution < 1.29 is 0 Å². The minimum atomic E-state index is 0.657. The summed E-state index contributed by atoms with van der Waals surface area (Å²) >= 11 is 1.86. The number of hydrogen-bond donors (Lipinski definition) is 1. The molecule has 0 unspecified atom stereocenters. The number of imidazole rings is 1. The van der Waals surface area contributed by atoms with Gasteiger partial charge in [0.1, 0.15) is 5.82 Å². The number of benzene rings is 1. The lowest BCUT2D eigenvalue weighted by Gasteiger charge is -2.02. The highest BCUT2D eigenvalue weighted by molar-refractivity contribution is 7.99. The summed E-state index contributed by atoms with van der Waals surface area (Å²) in [7, 11) is 0. The lowest BCUT2D eigenvalue weighted by molar-refractivity contribution is 1.10. The van der Waals surface area contributed by atoms with Crippen molar-refractivity contribution in [1.82, 2.24) is 19.9 Å². The van der Waals surface area contributed by atoms with E-state index < -0.39 is 0 Å². The molecule has 19 heavy (non-hydrogen) atoms. The first-order valence-corrected chi connectivity index (χ1v) is 7.25. The van der Waals surface area contributed by atoms with Gasteiger partial charge in [0.15, 0.2) is 11.3 Å². The number of rotatable bonds is 4. The van der Waals surface area contributed by atoms with Crippen molar-refractivity contribution in [2.45, 2.75) is 18.2 Å². The van der Waals surface area contributed by atoms with Crippen LogP contribution in [0.3, 0.4) is 0 Å². The van der Waals surface area contributed by atoms with Crippen LogP contribution >= 0.6 is 11.8 Å². The number of thioether (sulfide) groups is 1. The first-order chi connectivity index (χ1) is 9.36. The van der Waals surface area contributed by atoms with Crippen LogP contribution in [0.15, 0.2) is 41.6 Å². The molecule has 0 saturated carbocycles. The average molecular weight is 270 g/mol. The normalized spacial score (nSPS) is 11.0. The van der Waals surface area contributed by atoms with Crippen molar-refractivity contribution in [3.05, 3.63) is 36.7 Å². The molecule has 0 aliphatic heterocycles. The van der Waals surface area contributed by atoms with Crippen LogP contribution < -0.4 is 0 Å². The summed E-state index contributed by atoms with van der Waals surface area (Å²) in [4.78, 5) is 17.3. The lowest BCUT2D eigenvalue weighted by Crippen LogP contribution is -1.82. The average Bonchev–Trinajstić information content (AvgIpc) is 2.89. The van der Waals surface area contributed by atoms with Crippen LogP contribution in [-0.4, -0.2) is 25.7 Å². The number of nitrogens with zero attached hydrogens (tertiary/aromatic N) is 3. The van der Waals surface area contributed by atoms with Gasteiger partial charge in [-0.1, -0.05) is 19.1 Å². The molecule has 2 aromatic heterocycles. The molecule has 4 nitrogen and oxygen atoms in total. The van der Waals surface area contributed by atoms with Crippen LogP contribution in [0.2, 0.25) is 0 Å². The molecule has 96 valence electrons. The van der Waals surface area contributed by atoms with Crippen molar-refractivity contribution in [3.63, 3.8) is 0 Å². The predicted octanol–water partition coefficient (Wildman–Crippen LogP) is 3.52. The molecule has 1 N–H and O–H groups in total. The van der Waals surface area contributed by atoms with Crippen molar-refractivity contribution in [2.75, 3.05) is 5.75 Å². The third-order valence-electron chi connectivity index (χ3n) is 2.71. The molecule has 0 atom stereocenters. The van der Waals surface area contributed by atoms with Gasteiger partial charge in [0.25, 0.3) is 0 Å². The fourth-order valence-corrected chi connectivity index (χ4v) is 2.66. The second kappa shape index (κ2) is 5.40. The quantitative estimate of drug-likeness (QED) is 0.737. The molecule has 3 aromatic rings. The van der Waals surface area contributed by atoms with Gasteiger partial charge in [-0.3, -0.25) is 0 Å². The van der Waals surface area contributed by atoms with E-state index in [1.807, 2.05) is 17.8 Å². The molecule has 0 aliphatic carbocycles. The summed E-state index contributed by atoms with van der Waals surface area (Å²) in [5.41, 5.74) is 2.45. The van der Waals surface area contributed by atoms with Crippen LogP contribution in [0.5, 0.6) is 0 Å². The third kappa shape index (κ3) is 2.61. The van der Waals surface area contributed by atoms with Gasteiger partial charge in [0.2, 0.25) is 0 Å². The van der Waals surface area contributed by atoms with E-state index in [1.54, 1.807) is 12.4 Å². The summed E-state index contributed by atoms with van der Waals surface area (Å²) in [5.74, 6) is 1.95. The summed E-state index contributed by atoms with van der Waals surface area (Å²) in [6, 6.07) is 8.39. The predicted molar refractivity (Wildman–Crippen MR) is 78.1 cm³/mol. The van der Waals surface area contributed by atoms with Crippen molar-refractivity contribution in [3.8, 4) is 11.4 Å². The van der Waals surface area contributed by atoms with E-state index in [1.165, 1.54) is 11.3 Å². The van der Waals surface area contributed by atoms with Crippen molar-refractivity contribution in [1.29, 1.82) is 0 Å². The Balaban J connectivity index is 1.96. The molecular weight excluding hydrogens is 256 g/mol. The molecule has 0 fully saturated rings. The van der Waals surface area contributed by atoms with Crippen molar-refractivity contribution in [2.24, 2.45) is 0 Å². The van der Waals surface area contributed by atoms with E-state index in [4.69, 9.17) is 0 Å². The molecule has 0 saturated heterocycles. The van der Waals surface area contributed by atoms with Crippen LogP contribution in [0.25, 0.3) is 22.7 Å². The molecule has 3 rings (SSSR count). The first kappa shape index (κ1) is 12.2. The molecule has 0 amide bonds. The van der Waals surface area contributed by atoms with E-state index in [-0.39, 0.29) is 0 Å². The van der Waals surface area contributed by atoms with Gasteiger partial charge in [-0.15, -0.1) is 11.8 Å². The minimum Gasteiger partial charge on any atom is -0.321 e. The van der Waals surface area contributed by atoms with Gasteiger partial charge in [-0.2, -0.15) is 0 Å². The lowest BCUT2D eigenvalue weighted by atomic mass is 10.2. The Morgan fingerprint density at radius 2 is 2.11 bits per heavy atom. The molecule has 2 heterocycles. The van der Waals surface area contributed by atoms with Gasteiger partial charge in [-0.05, 0) is 24.3 Å². The largest absolute Gasteiger partial charge is 0.321 e. The number of hydrogen-bond acceptors (Lipinski definition) is 4. The number of aromatic amines is 1. The SMILES string of the molecule is CCCSc1cccc(-c2nc3nccnc3[nH]2)c1. The van der Waals surface area contributed by atoms with Crippen LogP contribution in [0.4, 0.5) is 0 Å². The van der Waals surface area contributed by atoms with E-state index >= 15 is 0 Å². The molecule has 1 aromatic carbocycles. The van der Waals surface area contributed by atoms with Gasteiger partial charge >= 0.3 is 0 Å². The molecular formula is C14H14N4S. The fourth-order valence-electron chi connectivity index (χ4n) is 1.84. The Morgan fingerprint density at radius 3 is 2.95 bits per heavy atom. The van der Waals surface area contributed by atoms with Crippen LogP contribution in [0.1, 0.15) is 13.3 Å². The Hall–Kier alpha value is -1.88. The second-order valence-corrected chi connectivity index (χ2v) is 5.36. The van der Waals surface area contributed by atoms with Crippen molar-refractivity contribution >= 4 is 23.1 Å². The van der Waals surface area contributed by atoms with E-state index in [0.717, 1.165) is 22.8 Å². The maximum absolute atomic E-state index is 4.47. The smallest absolute Gasteiger partial charge is 0.197 e. The van der Waals surface area contributed by atoms with E-state index in [9.17, 15) is 0 Å². The summed E-state index contributed by atoms with van der Waals surface area (Å²) < 4.78 is 0. The molecule has 0 aliphatic rings. The second-order valence-electron chi connectivity index (χ2n) is 4.19. The van der Waals surface area contributed by atoms with E-state index in [0.29, 0.717) is 5.65 Å². The maximum Gasteiger partial charge on any atom is 0.197 e. The van der Waals surface area contributed by atoms with Gasteiger partial charge in [0.05, 0.1) is 0 Å². The fraction of sp³-hybridized carbons (Fsp3) is 0.214. The minimum absolute atomic E-state index is 0.657. The van der Waals surface area contributed by atoms with Gasteiger partial charge < -0.3 is 4.98 Å². The molecule has 0 bridgehead atoms. The standard InChI is InChI=1S/C14H14N4S/c1-2-8-19-11-5-3-4-10(9-11)12-17-13-14(18-12)16-7-6-15-13/h3-7,9H,2,8H2,1H3,(H,15,16,17,18). The highest BCUT2D eigenvalue weighted by atomic mass is 32.2. The topological polar surface area (TPSA) is 54.5 Å². The summed E-state index contributed by atoms with van der Waals surface area (Å²) in [6.45, 7) is 2.19. The Bertz CT molecular complexity index is 659. The zero-order valence-electron chi connectivity index (χ0n) is 10.6. The van der Waals surface area contributed by atoms with E-state index in [2.05, 4.69) is 45.1 Å². The highest BCUT2D eigenvalue weighted by Gasteiger charge is 2.07. The van der Waals surface area contributed by atoms with Gasteiger partial charge in [0, 0.05) is 22.9 Å². The Labute approximate surface area is 115 Å². The summed E-state index contributed by atoms with van der Waals surface area (Å²) in [5, 5.41) is 0. The zero-order valence-corrected chi connectivity index (χ0v) is 11.4. The Morgan fingerprint density at radius 1 is 1.21 bits per heavy atom. The third-order valence-corrected chi connectivity index (χ3v) is 3.91. The number of aromatic nitrogens is 4. The number of nitrogens with one attached hydrogen (secondary N) is 1. The monoisotopic (exact) mass is 270 g/mol. The van der Waals surface area contributed by atoms with Gasteiger partial charge in [-0.25, -0.2) is 15.0 Å². The van der Waals surface area contributed by atoms with Crippen LogP contribution in [0, 0.1) is 0 Å².